The zero-order valence-electron chi connectivity index (χ0n) is 25.6. The lowest BCUT2D eigenvalue weighted by atomic mass is 9.94. The van der Waals surface area contributed by atoms with Crippen LogP contribution in [0.25, 0.3) is 22.4 Å². The lowest BCUT2D eigenvalue weighted by Gasteiger charge is -2.27. The molecule has 2 aromatic heterocycles. The number of carbonyl (C=O) groups is 2. The van der Waals surface area contributed by atoms with Crippen molar-refractivity contribution in [3.8, 4) is 22.7 Å². The molecule has 2 aromatic carbocycles. The zero-order valence-corrected chi connectivity index (χ0v) is 25.6. The van der Waals surface area contributed by atoms with Crippen molar-refractivity contribution < 1.29 is 19.4 Å². The molecule has 1 amide bonds. The number of amides is 1. The highest BCUT2D eigenvalue weighted by atomic mass is 16.5. The summed E-state index contributed by atoms with van der Waals surface area (Å²) in [6, 6.07) is 18.7. The third-order valence-electron chi connectivity index (χ3n) is 9.22. The predicted molar refractivity (Wildman–Crippen MR) is 173 cm³/mol. The van der Waals surface area contributed by atoms with Crippen LogP contribution in [-0.4, -0.2) is 56.8 Å². The number of aromatic nitrogens is 3. The summed E-state index contributed by atoms with van der Waals surface area (Å²) >= 11 is 0. The minimum absolute atomic E-state index is 0.0168. The minimum atomic E-state index is -1.08. The van der Waals surface area contributed by atoms with Crippen LogP contribution in [-0.2, 0) is 17.6 Å². The first-order valence-corrected chi connectivity index (χ1v) is 15.8. The molecule has 2 N–H and O–H groups in total. The van der Waals surface area contributed by atoms with Crippen LogP contribution in [0.15, 0.2) is 66.9 Å². The third-order valence-corrected chi connectivity index (χ3v) is 9.22. The number of benzene rings is 2. The van der Waals surface area contributed by atoms with Crippen molar-refractivity contribution in [1.29, 1.82) is 0 Å². The fourth-order valence-electron chi connectivity index (χ4n) is 6.78. The molecule has 1 unspecified atom stereocenters. The van der Waals surface area contributed by atoms with E-state index in [1.807, 2.05) is 23.1 Å². The van der Waals surface area contributed by atoms with Gasteiger partial charge in [-0.15, -0.1) is 0 Å². The Hall–Kier alpha value is -4.92. The Labute approximate surface area is 262 Å². The summed E-state index contributed by atoms with van der Waals surface area (Å²) < 4.78 is 6.93. The number of nitrogens with one attached hydrogen (secondary N) is 1. The van der Waals surface area contributed by atoms with Gasteiger partial charge in [-0.05, 0) is 96.2 Å². The maximum absolute atomic E-state index is 12.5. The van der Waals surface area contributed by atoms with Gasteiger partial charge in [0.05, 0.1) is 30.7 Å². The van der Waals surface area contributed by atoms with Crippen molar-refractivity contribution in [3.63, 3.8) is 0 Å². The Balaban J connectivity index is 1.14. The van der Waals surface area contributed by atoms with Gasteiger partial charge in [0.25, 0.3) is 0 Å². The van der Waals surface area contributed by atoms with Crippen LogP contribution in [0.3, 0.4) is 0 Å². The average Bonchev–Trinajstić information content (AvgIpc) is 3.70. The molecule has 3 heterocycles. The van der Waals surface area contributed by atoms with Crippen molar-refractivity contribution in [3.05, 3.63) is 94.8 Å². The summed E-state index contributed by atoms with van der Waals surface area (Å²) in [5.74, 6) is 0.540. The van der Waals surface area contributed by atoms with Gasteiger partial charge in [0, 0.05) is 19.0 Å². The second kappa shape index (κ2) is 11.9. The number of hydrogen-bond donors (Lipinski definition) is 2. The number of anilines is 1. The van der Waals surface area contributed by atoms with Gasteiger partial charge in [-0.1, -0.05) is 43.3 Å². The fraction of sp³-hybridized carbons (Fsp3) is 0.333. The molecule has 1 saturated carbocycles. The van der Waals surface area contributed by atoms with Crippen LogP contribution in [0, 0.1) is 5.92 Å². The highest BCUT2D eigenvalue weighted by Gasteiger charge is 2.34. The van der Waals surface area contributed by atoms with E-state index in [1.165, 1.54) is 40.3 Å². The topological polar surface area (TPSA) is 110 Å². The Morgan fingerprint density at radius 2 is 1.89 bits per heavy atom. The summed E-state index contributed by atoms with van der Waals surface area (Å²) in [6.45, 7) is 3.61. The summed E-state index contributed by atoms with van der Waals surface area (Å²) in [4.78, 5) is 31.3. The van der Waals surface area contributed by atoms with Gasteiger partial charge in [0.1, 0.15) is 11.4 Å². The Morgan fingerprint density at radius 3 is 2.62 bits per heavy atom. The van der Waals surface area contributed by atoms with Crippen LogP contribution >= 0.6 is 0 Å². The highest BCUT2D eigenvalue weighted by molar-refractivity contribution is 5.90. The van der Waals surface area contributed by atoms with E-state index in [9.17, 15) is 14.7 Å². The lowest BCUT2D eigenvalue weighted by Crippen LogP contribution is -2.35. The van der Waals surface area contributed by atoms with Crippen LogP contribution in [0.5, 0.6) is 5.88 Å². The second-order valence-electron chi connectivity index (χ2n) is 12.0. The Bertz CT molecular complexity index is 1820. The number of aromatic carboxylic acids is 1. The van der Waals surface area contributed by atoms with E-state index >= 15 is 0 Å². The largest absolute Gasteiger partial charge is 0.480 e. The van der Waals surface area contributed by atoms with Gasteiger partial charge in [-0.25, -0.2) is 14.5 Å². The molecule has 9 heteroatoms. The van der Waals surface area contributed by atoms with E-state index in [-0.39, 0.29) is 23.4 Å². The standard InChI is InChI=1S/C36H37N5O4/c1-3-30-27(22-16-18-40(19-17-22)34(42)24-10-11-24)13-15-32(38-30)39-31-14-12-23-6-5-9-28(33(23)31)25-7-4-8-26(20-25)41-35(45-2)29(21-37-41)36(43)44/h4-9,13,15-16,20-21,24,31H,3,10-12,14,17-19H2,1-2H3,(H,38,39)(H,43,44). The van der Waals surface area contributed by atoms with Gasteiger partial charge >= 0.3 is 5.97 Å². The predicted octanol–water partition coefficient (Wildman–Crippen LogP) is 6.33. The minimum Gasteiger partial charge on any atom is -0.480 e. The SMILES string of the molecule is CCc1nc(NC2CCc3cccc(-c4cccc(-n5ncc(C(=O)O)c5OC)c4)c32)ccc1C1=CCN(C(=O)C2CC2)CC1. The molecule has 0 spiro atoms. The first-order chi connectivity index (χ1) is 21.9. The van der Waals surface area contributed by atoms with Crippen molar-refractivity contribution in [2.45, 2.75) is 51.5 Å². The molecule has 0 bridgehead atoms. The second-order valence-corrected chi connectivity index (χ2v) is 12.0. The maximum atomic E-state index is 12.5. The molecule has 0 saturated heterocycles. The number of pyridine rings is 1. The molecule has 9 nitrogen and oxygen atoms in total. The molecular formula is C36H37N5O4. The van der Waals surface area contributed by atoms with Gasteiger partial charge in [-0.2, -0.15) is 5.10 Å². The van der Waals surface area contributed by atoms with Crippen LogP contribution in [0.4, 0.5) is 5.82 Å². The summed E-state index contributed by atoms with van der Waals surface area (Å²) in [6.07, 6.45) is 9.22. The molecule has 4 aromatic rings. The fourth-order valence-corrected chi connectivity index (χ4v) is 6.78. The average molecular weight is 604 g/mol. The Kier molecular flexibility index (Phi) is 7.61. The number of ether oxygens (including phenoxy) is 1. The van der Waals surface area contributed by atoms with E-state index in [4.69, 9.17) is 9.72 Å². The zero-order chi connectivity index (χ0) is 31.1. The van der Waals surface area contributed by atoms with Crippen molar-refractivity contribution >= 4 is 23.3 Å². The summed E-state index contributed by atoms with van der Waals surface area (Å²) in [5, 5.41) is 17.6. The van der Waals surface area contributed by atoms with Gasteiger partial charge < -0.3 is 20.1 Å². The molecule has 1 atom stereocenters. The molecule has 2 aliphatic carbocycles. The number of fused-ring (bicyclic) bond motifs is 1. The first-order valence-electron chi connectivity index (χ1n) is 15.8. The summed E-state index contributed by atoms with van der Waals surface area (Å²) in [7, 11) is 1.45. The normalized spacial score (nSPS) is 17.5. The number of carboxylic acids is 1. The molecule has 230 valence electrons. The molecule has 7 rings (SSSR count). The molecule has 1 aliphatic heterocycles. The van der Waals surface area contributed by atoms with Crippen molar-refractivity contribution in [2.24, 2.45) is 5.92 Å². The Morgan fingerprint density at radius 1 is 1.04 bits per heavy atom. The molecular weight excluding hydrogens is 566 g/mol. The monoisotopic (exact) mass is 603 g/mol. The van der Waals surface area contributed by atoms with Crippen molar-refractivity contribution in [2.75, 3.05) is 25.5 Å². The number of carbonyl (C=O) groups excluding carboxylic acids is 1. The first kappa shape index (κ1) is 28.8. The van der Waals surface area contributed by atoms with E-state index in [0.29, 0.717) is 12.5 Å². The van der Waals surface area contributed by atoms with E-state index in [1.54, 1.807) is 0 Å². The quantitative estimate of drug-likeness (QED) is 0.230. The molecule has 1 fully saturated rings. The number of nitrogens with zero attached hydrogens (tertiary/aromatic N) is 4. The van der Waals surface area contributed by atoms with Crippen LogP contribution in [0.2, 0.25) is 0 Å². The lowest BCUT2D eigenvalue weighted by molar-refractivity contribution is -0.132. The van der Waals surface area contributed by atoms with E-state index < -0.39 is 5.97 Å². The third kappa shape index (κ3) is 5.47. The van der Waals surface area contributed by atoms with E-state index in [0.717, 1.165) is 73.4 Å². The molecule has 45 heavy (non-hydrogen) atoms. The van der Waals surface area contributed by atoms with Crippen molar-refractivity contribution in [1.82, 2.24) is 19.7 Å². The highest BCUT2D eigenvalue weighted by Crippen LogP contribution is 2.41. The number of rotatable bonds is 9. The molecule has 3 aliphatic rings. The number of hydrogen-bond acceptors (Lipinski definition) is 6. The number of methoxy groups -OCH3 is 1. The smallest absolute Gasteiger partial charge is 0.342 e. The number of carboxylic acid groups (broad SMARTS) is 1. The van der Waals surface area contributed by atoms with Gasteiger partial charge in [0.2, 0.25) is 11.8 Å². The van der Waals surface area contributed by atoms with E-state index in [2.05, 4.69) is 59.8 Å². The maximum Gasteiger partial charge on any atom is 0.342 e. The van der Waals surface area contributed by atoms with Gasteiger partial charge in [-0.3, -0.25) is 4.79 Å². The summed E-state index contributed by atoms with van der Waals surface area (Å²) in [5.41, 5.74) is 8.98. The van der Waals surface area contributed by atoms with Crippen LogP contribution in [0.1, 0.15) is 71.4 Å². The van der Waals surface area contributed by atoms with Gasteiger partial charge in [0.15, 0.2) is 0 Å². The van der Waals surface area contributed by atoms with Crippen LogP contribution < -0.4 is 10.1 Å². The molecule has 0 radical (unpaired) electrons. The number of aryl methyl sites for hydroxylation is 2.